The lowest BCUT2D eigenvalue weighted by molar-refractivity contribution is 0.0946. The minimum absolute atomic E-state index is 0.0334. The van der Waals surface area contributed by atoms with Gasteiger partial charge in [0, 0.05) is 12.2 Å². The third-order valence-corrected chi connectivity index (χ3v) is 3.37. The van der Waals surface area contributed by atoms with E-state index in [2.05, 4.69) is 10.3 Å². The highest BCUT2D eigenvalue weighted by molar-refractivity contribution is 5.92. The summed E-state index contributed by atoms with van der Waals surface area (Å²) in [5.74, 6) is -2.17. The lowest BCUT2D eigenvalue weighted by Crippen LogP contribution is -2.23. The molecule has 0 bridgehead atoms. The predicted octanol–water partition coefficient (Wildman–Crippen LogP) is 3.13. The van der Waals surface area contributed by atoms with Gasteiger partial charge in [0.2, 0.25) is 5.89 Å². The summed E-state index contributed by atoms with van der Waals surface area (Å²) in [6, 6.07) is 10.4. The molecule has 0 aliphatic heterocycles. The maximum absolute atomic E-state index is 13.1. The number of aromatic nitrogens is 1. The van der Waals surface area contributed by atoms with Gasteiger partial charge >= 0.3 is 0 Å². The van der Waals surface area contributed by atoms with Crippen LogP contribution in [0.2, 0.25) is 0 Å². The number of nitrogen functional groups attached to an aromatic ring is 1. The van der Waals surface area contributed by atoms with Crippen molar-refractivity contribution in [2.24, 2.45) is 0 Å². The largest absolute Gasteiger partial charge is 0.444 e. The Morgan fingerprint density at radius 2 is 1.96 bits per heavy atom. The van der Waals surface area contributed by atoms with E-state index in [4.69, 9.17) is 10.2 Å². The molecule has 7 heteroatoms. The van der Waals surface area contributed by atoms with Crippen LogP contribution < -0.4 is 11.1 Å². The highest BCUT2D eigenvalue weighted by Crippen LogP contribution is 2.24. The minimum atomic E-state index is -0.968. The zero-order valence-corrected chi connectivity index (χ0v) is 12.4. The number of rotatable bonds is 4. The molecule has 24 heavy (non-hydrogen) atoms. The zero-order valence-electron chi connectivity index (χ0n) is 12.4. The smallest absolute Gasteiger partial charge is 0.273 e. The van der Waals surface area contributed by atoms with E-state index in [1.807, 2.05) is 0 Å². The van der Waals surface area contributed by atoms with Gasteiger partial charge in [-0.25, -0.2) is 13.8 Å². The normalized spacial score (nSPS) is 10.6. The van der Waals surface area contributed by atoms with E-state index in [0.717, 1.165) is 12.1 Å². The first-order valence-corrected chi connectivity index (χ1v) is 7.07. The number of anilines is 1. The second-order valence-electron chi connectivity index (χ2n) is 5.06. The molecular weight excluding hydrogens is 316 g/mol. The number of halogens is 2. The molecule has 3 aromatic rings. The molecule has 5 nitrogen and oxygen atoms in total. The molecule has 0 aliphatic carbocycles. The van der Waals surface area contributed by atoms with Gasteiger partial charge in [0.25, 0.3) is 5.91 Å². The highest BCUT2D eigenvalue weighted by atomic mass is 19.2. The standard InChI is InChI=1S/C17H13F2N3O2/c18-12-6-5-10(7-13(12)19)8-21-16(23)15-9-24-17(22-15)11-3-1-2-4-14(11)20/h1-7,9H,8,20H2,(H,21,23). The van der Waals surface area contributed by atoms with Gasteiger partial charge in [-0.1, -0.05) is 18.2 Å². The van der Waals surface area contributed by atoms with Crippen molar-refractivity contribution in [2.75, 3.05) is 5.73 Å². The summed E-state index contributed by atoms with van der Waals surface area (Å²) in [6.07, 6.45) is 1.21. The van der Waals surface area contributed by atoms with Crippen molar-refractivity contribution < 1.29 is 18.0 Å². The summed E-state index contributed by atoms with van der Waals surface area (Å²) in [5.41, 5.74) is 7.39. The maximum atomic E-state index is 13.1. The van der Waals surface area contributed by atoms with E-state index in [9.17, 15) is 13.6 Å². The van der Waals surface area contributed by atoms with E-state index in [1.54, 1.807) is 24.3 Å². The van der Waals surface area contributed by atoms with Crippen LogP contribution >= 0.6 is 0 Å². The predicted molar refractivity (Wildman–Crippen MR) is 83.9 cm³/mol. The fourth-order valence-electron chi connectivity index (χ4n) is 2.12. The fraction of sp³-hybridized carbons (Fsp3) is 0.0588. The molecule has 1 amide bonds. The number of hydrogen-bond donors (Lipinski definition) is 2. The molecule has 0 fully saturated rings. The van der Waals surface area contributed by atoms with Gasteiger partial charge in [-0.2, -0.15) is 0 Å². The first-order valence-electron chi connectivity index (χ1n) is 7.07. The minimum Gasteiger partial charge on any atom is -0.444 e. The molecule has 0 aliphatic rings. The first kappa shape index (κ1) is 15.7. The van der Waals surface area contributed by atoms with Gasteiger partial charge in [-0.05, 0) is 29.8 Å². The quantitative estimate of drug-likeness (QED) is 0.721. The average Bonchev–Trinajstić information content (AvgIpc) is 3.06. The lowest BCUT2D eigenvalue weighted by Gasteiger charge is -2.03. The van der Waals surface area contributed by atoms with Crippen molar-refractivity contribution in [1.82, 2.24) is 10.3 Å². The molecule has 3 rings (SSSR count). The molecule has 0 saturated carbocycles. The summed E-state index contributed by atoms with van der Waals surface area (Å²) in [4.78, 5) is 16.2. The fourth-order valence-corrected chi connectivity index (χ4v) is 2.12. The van der Waals surface area contributed by atoms with Crippen LogP contribution in [0.1, 0.15) is 16.1 Å². The Morgan fingerprint density at radius 3 is 2.71 bits per heavy atom. The number of amides is 1. The number of carbonyl (C=O) groups is 1. The summed E-state index contributed by atoms with van der Waals surface area (Å²) < 4.78 is 31.3. The van der Waals surface area contributed by atoms with Crippen LogP contribution in [0.4, 0.5) is 14.5 Å². The zero-order chi connectivity index (χ0) is 17.1. The SMILES string of the molecule is Nc1ccccc1-c1nc(C(=O)NCc2ccc(F)c(F)c2)co1. The number of nitrogens with two attached hydrogens (primary N) is 1. The van der Waals surface area contributed by atoms with Crippen LogP contribution in [0.15, 0.2) is 53.1 Å². The van der Waals surface area contributed by atoms with Crippen molar-refractivity contribution in [3.05, 3.63) is 71.6 Å². The summed E-state index contributed by atoms with van der Waals surface area (Å²) >= 11 is 0. The van der Waals surface area contributed by atoms with Crippen molar-refractivity contribution in [3.63, 3.8) is 0 Å². The molecule has 0 unspecified atom stereocenters. The molecule has 0 atom stereocenters. The van der Waals surface area contributed by atoms with Gasteiger partial charge in [0.05, 0.1) is 5.56 Å². The Kier molecular flexibility index (Phi) is 4.24. The van der Waals surface area contributed by atoms with Crippen LogP contribution in [-0.2, 0) is 6.54 Å². The van der Waals surface area contributed by atoms with Crippen LogP contribution in [0.25, 0.3) is 11.5 Å². The van der Waals surface area contributed by atoms with Crippen LogP contribution in [0.3, 0.4) is 0 Å². The van der Waals surface area contributed by atoms with Gasteiger partial charge in [0.15, 0.2) is 17.3 Å². The Balaban J connectivity index is 1.70. The van der Waals surface area contributed by atoms with Crippen molar-refractivity contribution >= 4 is 11.6 Å². The van der Waals surface area contributed by atoms with E-state index in [0.29, 0.717) is 16.8 Å². The Hall–Kier alpha value is -3.22. The summed E-state index contributed by atoms with van der Waals surface area (Å²) in [5, 5.41) is 2.56. The highest BCUT2D eigenvalue weighted by Gasteiger charge is 2.15. The molecule has 1 heterocycles. The van der Waals surface area contributed by atoms with E-state index in [-0.39, 0.29) is 18.1 Å². The molecule has 3 N–H and O–H groups in total. The number of carbonyl (C=O) groups excluding carboxylic acids is 1. The molecule has 2 aromatic carbocycles. The number of nitrogens with zero attached hydrogens (tertiary/aromatic N) is 1. The summed E-state index contributed by atoms with van der Waals surface area (Å²) in [6.45, 7) is 0.0334. The second-order valence-corrected chi connectivity index (χ2v) is 5.06. The van der Waals surface area contributed by atoms with Crippen LogP contribution in [0, 0.1) is 11.6 Å². The van der Waals surface area contributed by atoms with Gasteiger partial charge in [0.1, 0.15) is 6.26 Å². The van der Waals surface area contributed by atoms with Gasteiger partial charge in [-0.3, -0.25) is 4.79 Å². The topological polar surface area (TPSA) is 81.1 Å². The maximum Gasteiger partial charge on any atom is 0.273 e. The Morgan fingerprint density at radius 1 is 1.17 bits per heavy atom. The van der Waals surface area contributed by atoms with E-state index in [1.165, 1.54) is 12.3 Å². The Bertz CT molecular complexity index is 893. The molecule has 1 aromatic heterocycles. The van der Waals surface area contributed by atoms with Crippen molar-refractivity contribution in [3.8, 4) is 11.5 Å². The first-order chi connectivity index (χ1) is 11.5. The summed E-state index contributed by atoms with van der Waals surface area (Å²) in [7, 11) is 0. The molecular formula is C17H13F2N3O2. The number of hydrogen-bond acceptors (Lipinski definition) is 4. The van der Waals surface area contributed by atoms with E-state index >= 15 is 0 Å². The lowest BCUT2D eigenvalue weighted by atomic mass is 10.2. The van der Waals surface area contributed by atoms with Crippen molar-refractivity contribution in [1.29, 1.82) is 0 Å². The molecule has 122 valence electrons. The third kappa shape index (κ3) is 3.24. The van der Waals surface area contributed by atoms with Gasteiger partial charge in [-0.15, -0.1) is 0 Å². The molecule has 0 radical (unpaired) electrons. The van der Waals surface area contributed by atoms with Gasteiger partial charge < -0.3 is 15.5 Å². The number of oxazole rings is 1. The third-order valence-electron chi connectivity index (χ3n) is 3.37. The van der Waals surface area contributed by atoms with Crippen molar-refractivity contribution in [2.45, 2.75) is 6.54 Å². The molecule has 0 spiro atoms. The Labute approximate surface area is 136 Å². The number of benzene rings is 2. The van der Waals surface area contributed by atoms with E-state index < -0.39 is 17.5 Å². The second kappa shape index (κ2) is 6.49. The van der Waals surface area contributed by atoms with Crippen LogP contribution in [-0.4, -0.2) is 10.9 Å². The monoisotopic (exact) mass is 329 g/mol. The average molecular weight is 329 g/mol. The number of nitrogens with one attached hydrogen (secondary N) is 1. The molecule has 0 saturated heterocycles. The van der Waals surface area contributed by atoms with Crippen LogP contribution in [0.5, 0.6) is 0 Å². The number of para-hydroxylation sites is 1.